The van der Waals surface area contributed by atoms with Gasteiger partial charge in [-0.2, -0.15) is 11.8 Å². The first kappa shape index (κ1) is 25.1. The zero-order valence-electron chi connectivity index (χ0n) is 17.5. The maximum Gasteiger partial charge on any atom is 0.224 e. The number of carbonyl (C=O) groups excluding carboxylic acids is 1. The van der Waals surface area contributed by atoms with E-state index in [4.69, 9.17) is 4.99 Å². The van der Waals surface area contributed by atoms with Crippen LogP contribution in [-0.2, 0) is 11.3 Å². The van der Waals surface area contributed by atoms with E-state index in [1.807, 2.05) is 49.9 Å². The predicted molar refractivity (Wildman–Crippen MR) is 133 cm³/mol. The molecule has 1 aromatic rings. The van der Waals surface area contributed by atoms with Crippen molar-refractivity contribution in [1.82, 2.24) is 10.6 Å². The molecule has 0 aromatic heterocycles. The molecule has 0 spiro atoms. The maximum absolute atomic E-state index is 12.0. The summed E-state index contributed by atoms with van der Waals surface area (Å²) in [5.41, 5.74) is 1.91. The summed E-state index contributed by atoms with van der Waals surface area (Å²) in [5, 5.41) is 9.78. The highest BCUT2D eigenvalue weighted by atomic mass is 127. The molecule has 1 amide bonds. The van der Waals surface area contributed by atoms with Crippen molar-refractivity contribution < 1.29 is 4.79 Å². The summed E-state index contributed by atoms with van der Waals surface area (Å²) in [5.74, 6) is 2.51. The molecule has 1 fully saturated rings. The Labute approximate surface area is 191 Å². The average Bonchev–Trinajstić information content (AvgIpc) is 3.04. The van der Waals surface area contributed by atoms with Crippen molar-refractivity contribution in [3.8, 4) is 0 Å². The first-order valence-corrected chi connectivity index (χ1v) is 10.9. The van der Waals surface area contributed by atoms with Crippen molar-refractivity contribution in [3.05, 3.63) is 29.8 Å². The lowest BCUT2D eigenvalue weighted by atomic mass is 10.1. The number of amides is 1. The summed E-state index contributed by atoms with van der Waals surface area (Å²) < 4.78 is 0.302. The summed E-state index contributed by atoms with van der Waals surface area (Å²) in [6.07, 6.45) is 3.09. The van der Waals surface area contributed by atoms with Gasteiger partial charge in [-0.25, -0.2) is 4.99 Å². The van der Waals surface area contributed by atoms with Gasteiger partial charge in [0.25, 0.3) is 0 Å². The zero-order chi connectivity index (χ0) is 19.7. The molecule has 1 aliphatic rings. The highest BCUT2D eigenvalue weighted by Crippen LogP contribution is 2.36. The Morgan fingerprint density at radius 1 is 1.32 bits per heavy atom. The quantitative estimate of drug-likeness (QED) is 0.267. The number of hydrogen-bond acceptors (Lipinski definition) is 3. The number of halogens is 1. The van der Waals surface area contributed by atoms with Crippen LogP contribution in [0.3, 0.4) is 0 Å². The van der Waals surface area contributed by atoms with E-state index in [0.717, 1.165) is 30.3 Å². The number of guanidine groups is 1. The molecule has 7 heteroatoms. The van der Waals surface area contributed by atoms with Crippen LogP contribution in [-0.4, -0.2) is 35.5 Å². The minimum atomic E-state index is 0. The monoisotopic (exact) mass is 518 g/mol. The lowest BCUT2D eigenvalue weighted by molar-refractivity contribution is -0.116. The number of nitrogens with zero attached hydrogens (tertiary/aromatic N) is 1. The summed E-state index contributed by atoms with van der Waals surface area (Å²) >= 11 is 2.05. The fourth-order valence-corrected chi connectivity index (χ4v) is 4.33. The first-order chi connectivity index (χ1) is 12.9. The Hall–Kier alpha value is -0.960. The molecule has 0 saturated carbocycles. The number of thioether (sulfide) groups is 1. The summed E-state index contributed by atoms with van der Waals surface area (Å²) in [6, 6.07) is 7.93. The van der Waals surface area contributed by atoms with Crippen molar-refractivity contribution in [1.29, 1.82) is 0 Å². The van der Waals surface area contributed by atoms with Crippen LogP contribution in [0.15, 0.2) is 29.3 Å². The maximum atomic E-state index is 12.0. The molecule has 1 atom stereocenters. The van der Waals surface area contributed by atoms with E-state index in [1.54, 1.807) is 0 Å². The lowest BCUT2D eigenvalue weighted by Gasteiger charge is -2.24. The van der Waals surface area contributed by atoms with E-state index in [9.17, 15) is 4.79 Å². The smallest absolute Gasteiger partial charge is 0.224 e. The van der Waals surface area contributed by atoms with Crippen LogP contribution in [0.1, 0.15) is 52.5 Å². The van der Waals surface area contributed by atoms with Gasteiger partial charge in [0.2, 0.25) is 5.91 Å². The Kier molecular flexibility index (Phi) is 11.3. The van der Waals surface area contributed by atoms with Crippen LogP contribution in [0.25, 0.3) is 0 Å². The summed E-state index contributed by atoms with van der Waals surface area (Å²) in [6.45, 7) is 10.8. The van der Waals surface area contributed by atoms with Gasteiger partial charge < -0.3 is 16.0 Å². The van der Waals surface area contributed by atoms with Crippen LogP contribution in [0.5, 0.6) is 0 Å². The molecule has 2 rings (SSSR count). The van der Waals surface area contributed by atoms with E-state index < -0.39 is 0 Å². The highest BCUT2D eigenvalue weighted by molar-refractivity contribution is 14.0. The van der Waals surface area contributed by atoms with Gasteiger partial charge in [-0.05, 0) is 56.1 Å². The molecular weight excluding hydrogens is 483 g/mol. The summed E-state index contributed by atoms with van der Waals surface area (Å²) in [4.78, 5) is 16.7. The van der Waals surface area contributed by atoms with Gasteiger partial charge >= 0.3 is 0 Å². The summed E-state index contributed by atoms with van der Waals surface area (Å²) in [7, 11) is 0. The third-order valence-electron chi connectivity index (χ3n) is 4.50. The second kappa shape index (κ2) is 12.6. The Morgan fingerprint density at radius 2 is 2.11 bits per heavy atom. The first-order valence-electron chi connectivity index (χ1n) is 9.95. The third kappa shape index (κ3) is 9.03. The van der Waals surface area contributed by atoms with Gasteiger partial charge in [-0.3, -0.25) is 4.79 Å². The molecule has 0 bridgehead atoms. The van der Waals surface area contributed by atoms with Crippen LogP contribution >= 0.6 is 35.7 Å². The van der Waals surface area contributed by atoms with Crippen molar-refractivity contribution in [2.24, 2.45) is 10.9 Å². The molecule has 0 radical (unpaired) electrons. The molecular formula is C21H35IN4OS. The number of benzene rings is 1. The van der Waals surface area contributed by atoms with E-state index >= 15 is 0 Å². The molecule has 1 unspecified atom stereocenters. The van der Waals surface area contributed by atoms with Crippen LogP contribution in [0.2, 0.25) is 0 Å². The normalized spacial score (nSPS) is 19.2. The zero-order valence-corrected chi connectivity index (χ0v) is 20.7. The van der Waals surface area contributed by atoms with Crippen LogP contribution < -0.4 is 16.0 Å². The molecule has 1 aliphatic heterocycles. The van der Waals surface area contributed by atoms with Gasteiger partial charge in [0.05, 0.1) is 6.54 Å². The van der Waals surface area contributed by atoms with Crippen molar-refractivity contribution in [3.63, 3.8) is 0 Å². The Bertz CT molecular complexity index is 645. The Morgan fingerprint density at radius 3 is 2.75 bits per heavy atom. The predicted octanol–water partition coefficient (Wildman–Crippen LogP) is 4.63. The minimum Gasteiger partial charge on any atom is -0.357 e. The number of carbonyl (C=O) groups is 1. The topological polar surface area (TPSA) is 65.5 Å². The van der Waals surface area contributed by atoms with Gasteiger partial charge in [0, 0.05) is 29.9 Å². The number of nitrogens with one attached hydrogen (secondary N) is 3. The number of anilines is 1. The van der Waals surface area contributed by atoms with Crippen molar-refractivity contribution in [2.75, 3.05) is 24.2 Å². The van der Waals surface area contributed by atoms with E-state index in [0.29, 0.717) is 23.6 Å². The molecule has 158 valence electrons. The lowest BCUT2D eigenvalue weighted by Crippen LogP contribution is -2.43. The molecule has 1 heterocycles. The number of rotatable bonds is 8. The fourth-order valence-electron chi connectivity index (χ4n) is 3.09. The van der Waals surface area contributed by atoms with E-state index in [1.165, 1.54) is 18.6 Å². The molecule has 28 heavy (non-hydrogen) atoms. The second-order valence-corrected chi connectivity index (χ2v) is 9.48. The van der Waals surface area contributed by atoms with Gasteiger partial charge in [0.15, 0.2) is 5.96 Å². The molecule has 3 N–H and O–H groups in total. The second-order valence-electron chi connectivity index (χ2n) is 7.80. The van der Waals surface area contributed by atoms with Crippen molar-refractivity contribution >= 4 is 53.3 Å². The van der Waals surface area contributed by atoms with Gasteiger partial charge in [-0.1, -0.05) is 26.0 Å². The van der Waals surface area contributed by atoms with E-state index in [-0.39, 0.29) is 29.9 Å². The molecule has 0 aliphatic carbocycles. The van der Waals surface area contributed by atoms with Gasteiger partial charge in [-0.15, -0.1) is 24.0 Å². The number of aliphatic imine (C=N–C) groups is 1. The fraction of sp³-hybridized carbons (Fsp3) is 0.619. The molecule has 5 nitrogen and oxygen atoms in total. The largest absolute Gasteiger partial charge is 0.357 e. The standard InChI is InChI=1S/C21H34N4OS.HI/c1-5-22-20(24-15-21(4)10-7-11-27-21)23-14-17-8-6-9-18(13-17)25-19(26)12-16(2)3;/h6,8-9,13,16H,5,7,10-12,14-15H2,1-4H3,(H,25,26)(H2,22,23,24);1H. The van der Waals surface area contributed by atoms with Crippen LogP contribution in [0.4, 0.5) is 5.69 Å². The highest BCUT2D eigenvalue weighted by Gasteiger charge is 2.29. The molecule has 1 saturated heterocycles. The van der Waals surface area contributed by atoms with Crippen molar-refractivity contribution in [2.45, 2.75) is 58.2 Å². The number of hydrogen-bond donors (Lipinski definition) is 3. The Balaban J connectivity index is 0.00000392. The SMILES string of the molecule is CCNC(=NCc1cccc(NC(=O)CC(C)C)c1)NCC1(C)CCCS1.I. The minimum absolute atomic E-state index is 0. The third-order valence-corrected chi connectivity index (χ3v) is 6.04. The van der Waals surface area contributed by atoms with Gasteiger partial charge in [0.1, 0.15) is 0 Å². The van der Waals surface area contributed by atoms with E-state index in [2.05, 4.69) is 29.8 Å². The average molecular weight is 519 g/mol. The van der Waals surface area contributed by atoms with Crippen LogP contribution in [0, 0.1) is 5.92 Å². The molecule has 1 aromatic carbocycles.